The van der Waals surface area contributed by atoms with Crippen molar-refractivity contribution in [1.29, 1.82) is 0 Å². The van der Waals surface area contributed by atoms with Gasteiger partial charge >= 0.3 is 0 Å². The Kier molecular flexibility index (Phi) is 7.61. The Labute approximate surface area is 151 Å². The molecule has 2 N–H and O–H groups in total. The van der Waals surface area contributed by atoms with E-state index in [-0.39, 0.29) is 11.8 Å². The molecule has 5 heteroatoms. The second kappa shape index (κ2) is 8.99. The summed E-state index contributed by atoms with van der Waals surface area (Å²) in [5.41, 5.74) is 3.50. The first-order valence-electron chi connectivity index (χ1n) is 8.85. The van der Waals surface area contributed by atoms with Crippen LogP contribution in [0.3, 0.4) is 0 Å². The molecule has 0 aromatic heterocycles. The van der Waals surface area contributed by atoms with Crippen LogP contribution in [0.4, 0.5) is 0 Å². The molecule has 0 unspecified atom stereocenters. The summed E-state index contributed by atoms with van der Waals surface area (Å²) >= 11 is 0. The second-order valence-electron chi connectivity index (χ2n) is 7.91. The molecule has 1 atom stereocenters. The van der Waals surface area contributed by atoms with Crippen molar-refractivity contribution in [3.05, 3.63) is 35.4 Å². The quantitative estimate of drug-likeness (QED) is 0.559. The molecule has 1 aromatic carbocycles. The number of hydrogen-bond acceptors (Lipinski definition) is 3. The summed E-state index contributed by atoms with van der Waals surface area (Å²) in [6.07, 6.45) is 1.99. The summed E-state index contributed by atoms with van der Waals surface area (Å²) < 4.78 is 0. The van der Waals surface area contributed by atoms with Crippen LogP contribution in [0.25, 0.3) is 0 Å². The lowest BCUT2D eigenvalue weighted by Crippen LogP contribution is -2.51. The first-order chi connectivity index (χ1) is 11.6. The van der Waals surface area contributed by atoms with Crippen molar-refractivity contribution in [3.8, 4) is 0 Å². The molecule has 1 aromatic rings. The molecule has 5 nitrogen and oxygen atoms in total. The van der Waals surface area contributed by atoms with E-state index in [4.69, 9.17) is 5.21 Å². The van der Waals surface area contributed by atoms with Crippen molar-refractivity contribution in [2.24, 2.45) is 11.3 Å². The van der Waals surface area contributed by atoms with Crippen molar-refractivity contribution < 1.29 is 14.8 Å². The molecule has 0 bridgehead atoms. The summed E-state index contributed by atoms with van der Waals surface area (Å²) in [7, 11) is 1.64. The number of nitrogens with one attached hydrogen (secondary N) is 1. The summed E-state index contributed by atoms with van der Waals surface area (Å²) in [6, 6.07) is 7.64. The van der Waals surface area contributed by atoms with Gasteiger partial charge in [-0.25, -0.2) is 5.48 Å². The summed E-state index contributed by atoms with van der Waals surface area (Å²) in [5.74, 6) is -0.402. The first-order valence-corrected chi connectivity index (χ1v) is 8.85. The molecule has 0 saturated carbocycles. The van der Waals surface area contributed by atoms with Crippen molar-refractivity contribution in [1.82, 2.24) is 10.4 Å². The van der Waals surface area contributed by atoms with Gasteiger partial charge in [-0.15, -0.1) is 0 Å². The number of nitrogens with zero attached hydrogens (tertiary/aromatic N) is 1. The van der Waals surface area contributed by atoms with Gasteiger partial charge in [0.15, 0.2) is 0 Å². The van der Waals surface area contributed by atoms with E-state index in [1.165, 1.54) is 16.0 Å². The van der Waals surface area contributed by atoms with Crippen LogP contribution in [0.1, 0.15) is 51.7 Å². The monoisotopic (exact) mass is 348 g/mol. The lowest BCUT2D eigenvalue weighted by Gasteiger charge is -2.34. The van der Waals surface area contributed by atoms with Crippen LogP contribution in [0.15, 0.2) is 24.3 Å². The molecule has 1 rings (SSSR count). The Morgan fingerprint density at radius 3 is 2.24 bits per heavy atom. The van der Waals surface area contributed by atoms with E-state index in [0.29, 0.717) is 12.8 Å². The Bertz CT molecular complexity index is 579. The summed E-state index contributed by atoms with van der Waals surface area (Å²) in [5, 5.41) is 8.99. The predicted molar refractivity (Wildman–Crippen MR) is 99.2 cm³/mol. The van der Waals surface area contributed by atoms with Crippen LogP contribution in [0.2, 0.25) is 0 Å². The fraction of sp³-hybridized carbons (Fsp3) is 0.600. The second-order valence-corrected chi connectivity index (χ2v) is 7.91. The third kappa shape index (κ3) is 6.16. The van der Waals surface area contributed by atoms with Gasteiger partial charge in [0, 0.05) is 12.5 Å². The van der Waals surface area contributed by atoms with Crippen LogP contribution in [-0.2, 0) is 16.0 Å². The molecule has 25 heavy (non-hydrogen) atoms. The minimum absolute atomic E-state index is 0.0890. The minimum Gasteiger partial charge on any atom is -0.333 e. The molecule has 0 aliphatic carbocycles. The number of aryl methyl sites for hydroxylation is 2. The number of carbonyl (C=O) groups excluding carboxylic acids is 2. The average Bonchev–Trinajstić information content (AvgIpc) is 2.57. The van der Waals surface area contributed by atoms with Gasteiger partial charge < -0.3 is 4.90 Å². The number of benzene rings is 1. The van der Waals surface area contributed by atoms with Crippen molar-refractivity contribution in [2.75, 3.05) is 7.05 Å². The molecule has 0 radical (unpaired) electrons. The molecule has 0 spiro atoms. The van der Waals surface area contributed by atoms with E-state index < -0.39 is 17.4 Å². The zero-order valence-corrected chi connectivity index (χ0v) is 16.3. The zero-order chi connectivity index (χ0) is 19.2. The number of likely N-dealkylation sites (N-methyl/N-ethyl adjacent to an activating group) is 1. The van der Waals surface area contributed by atoms with Crippen molar-refractivity contribution in [2.45, 2.75) is 59.9 Å². The first kappa shape index (κ1) is 21.2. The lowest BCUT2D eigenvalue weighted by molar-refractivity contribution is -0.149. The Morgan fingerprint density at radius 1 is 1.20 bits per heavy atom. The van der Waals surface area contributed by atoms with Crippen molar-refractivity contribution in [3.63, 3.8) is 0 Å². The molecular formula is C20H32N2O3. The standard InChI is InChI=1S/C20H32N2O3/c1-14(2)13-17(18(23)21-25)22(6)19(24)20(4,5)12-11-16-9-7-15(3)8-10-16/h7-10,14,17,25H,11-13H2,1-6H3,(H,21,23)/t17-/m1/s1. The number of rotatable bonds is 8. The molecule has 0 fully saturated rings. The lowest BCUT2D eigenvalue weighted by atomic mass is 9.84. The number of hydrogen-bond donors (Lipinski definition) is 2. The molecule has 0 aliphatic rings. The third-order valence-corrected chi connectivity index (χ3v) is 4.63. The zero-order valence-electron chi connectivity index (χ0n) is 16.3. The van der Waals surface area contributed by atoms with Crippen LogP contribution in [0, 0.1) is 18.3 Å². The van der Waals surface area contributed by atoms with Gasteiger partial charge in [-0.05, 0) is 37.7 Å². The van der Waals surface area contributed by atoms with Gasteiger partial charge in [-0.2, -0.15) is 0 Å². The highest BCUT2D eigenvalue weighted by atomic mass is 16.5. The van der Waals surface area contributed by atoms with E-state index in [2.05, 4.69) is 24.3 Å². The highest BCUT2D eigenvalue weighted by Gasteiger charge is 2.36. The van der Waals surface area contributed by atoms with E-state index in [1.807, 2.05) is 34.6 Å². The molecule has 140 valence electrons. The fourth-order valence-corrected chi connectivity index (χ4v) is 2.90. The van der Waals surface area contributed by atoms with E-state index in [9.17, 15) is 9.59 Å². The van der Waals surface area contributed by atoms with E-state index in [1.54, 1.807) is 12.5 Å². The maximum Gasteiger partial charge on any atom is 0.266 e. The molecule has 0 heterocycles. The Morgan fingerprint density at radius 2 is 1.76 bits per heavy atom. The van der Waals surface area contributed by atoms with Crippen LogP contribution < -0.4 is 5.48 Å². The fourth-order valence-electron chi connectivity index (χ4n) is 2.90. The highest BCUT2D eigenvalue weighted by molar-refractivity contribution is 5.89. The Hall–Kier alpha value is -1.88. The SMILES string of the molecule is Cc1ccc(CCC(C)(C)C(=O)N(C)[C@H](CC(C)C)C(=O)NO)cc1. The number of hydroxylamine groups is 1. The minimum atomic E-state index is -0.670. The largest absolute Gasteiger partial charge is 0.333 e. The number of amides is 2. The van der Waals surface area contributed by atoms with Crippen LogP contribution in [0.5, 0.6) is 0 Å². The van der Waals surface area contributed by atoms with Crippen LogP contribution >= 0.6 is 0 Å². The van der Waals surface area contributed by atoms with Gasteiger partial charge in [0.1, 0.15) is 6.04 Å². The smallest absolute Gasteiger partial charge is 0.266 e. The van der Waals surface area contributed by atoms with E-state index >= 15 is 0 Å². The van der Waals surface area contributed by atoms with Gasteiger partial charge in [0.05, 0.1) is 0 Å². The van der Waals surface area contributed by atoms with Crippen LogP contribution in [-0.4, -0.2) is 35.0 Å². The number of carbonyl (C=O) groups is 2. The third-order valence-electron chi connectivity index (χ3n) is 4.63. The summed E-state index contributed by atoms with van der Waals surface area (Å²) in [4.78, 5) is 26.4. The summed E-state index contributed by atoms with van der Waals surface area (Å²) in [6.45, 7) is 9.83. The van der Waals surface area contributed by atoms with Gasteiger partial charge in [0.25, 0.3) is 5.91 Å². The van der Waals surface area contributed by atoms with E-state index in [0.717, 1.165) is 6.42 Å². The topological polar surface area (TPSA) is 69.6 Å². The normalized spacial score (nSPS) is 12.8. The average molecular weight is 348 g/mol. The maximum absolute atomic E-state index is 12.9. The Balaban J connectivity index is 2.81. The van der Waals surface area contributed by atoms with Gasteiger partial charge in [0.2, 0.25) is 5.91 Å². The highest BCUT2D eigenvalue weighted by Crippen LogP contribution is 2.27. The molecule has 0 saturated heterocycles. The molecular weight excluding hydrogens is 316 g/mol. The van der Waals surface area contributed by atoms with Gasteiger partial charge in [-0.1, -0.05) is 57.5 Å². The predicted octanol–water partition coefficient (Wildman–Crippen LogP) is 3.33. The molecule has 2 amide bonds. The van der Waals surface area contributed by atoms with Crippen molar-refractivity contribution >= 4 is 11.8 Å². The maximum atomic E-state index is 12.9. The molecule has 0 aliphatic heterocycles. The van der Waals surface area contributed by atoms with Gasteiger partial charge in [-0.3, -0.25) is 14.8 Å².